The zero-order valence-corrected chi connectivity index (χ0v) is 14.7. The molecule has 0 radical (unpaired) electrons. The van der Waals surface area contributed by atoms with Crippen molar-refractivity contribution in [1.29, 1.82) is 0 Å². The third-order valence-electron chi connectivity index (χ3n) is 3.76. The maximum absolute atomic E-state index is 12.0. The molecule has 2 N–H and O–H groups in total. The van der Waals surface area contributed by atoms with Crippen LogP contribution in [0, 0.1) is 13.8 Å². The molecule has 2 rings (SSSR count). The van der Waals surface area contributed by atoms with Gasteiger partial charge in [-0.05, 0) is 61.7 Å². The van der Waals surface area contributed by atoms with E-state index in [-0.39, 0.29) is 0 Å². The Morgan fingerprint density at radius 2 is 1.56 bits per heavy atom. The maximum Gasteiger partial charge on any atom is 0.329 e. The average Bonchev–Trinajstić information content (AvgIpc) is 2.62. The standard InChI is InChI=1S/C19H21N3O3/c1-12-6-5-7-13(2)17(12)20-18(23)19(24)22-21-14(3)15-8-10-16(25-4)11-9-15/h5-11H,1-4H3,(H,20,23)(H,22,24). The Bertz CT molecular complexity index is 791. The first-order chi connectivity index (χ1) is 11.9. The van der Waals surface area contributed by atoms with E-state index < -0.39 is 11.8 Å². The molecule has 0 saturated heterocycles. The highest BCUT2D eigenvalue weighted by Crippen LogP contribution is 2.19. The smallest absolute Gasteiger partial charge is 0.329 e. The minimum Gasteiger partial charge on any atom is -0.497 e. The second-order valence-electron chi connectivity index (χ2n) is 5.59. The Morgan fingerprint density at radius 1 is 0.960 bits per heavy atom. The zero-order chi connectivity index (χ0) is 18.4. The van der Waals surface area contributed by atoms with Gasteiger partial charge in [0.25, 0.3) is 0 Å². The van der Waals surface area contributed by atoms with Crippen molar-refractivity contribution in [2.45, 2.75) is 20.8 Å². The van der Waals surface area contributed by atoms with Gasteiger partial charge >= 0.3 is 11.8 Å². The molecular formula is C19H21N3O3. The average molecular weight is 339 g/mol. The Kier molecular flexibility index (Phi) is 5.89. The van der Waals surface area contributed by atoms with Gasteiger partial charge in [0.05, 0.1) is 12.8 Å². The number of nitrogens with one attached hydrogen (secondary N) is 2. The summed E-state index contributed by atoms with van der Waals surface area (Å²) in [7, 11) is 1.59. The summed E-state index contributed by atoms with van der Waals surface area (Å²) < 4.78 is 5.09. The number of carbonyl (C=O) groups excluding carboxylic acids is 2. The number of hydrazone groups is 1. The lowest BCUT2D eigenvalue weighted by molar-refractivity contribution is -0.136. The van der Waals surface area contributed by atoms with Crippen molar-refractivity contribution in [3.05, 3.63) is 59.2 Å². The lowest BCUT2D eigenvalue weighted by Gasteiger charge is -2.10. The summed E-state index contributed by atoms with van der Waals surface area (Å²) in [6.45, 7) is 5.48. The van der Waals surface area contributed by atoms with Gasteiger partial charge in [0.1, 0.15) is 5.75 Å². The normalized spacial score (nSPS) is 11.0. The number of para-hydroxylation sites is 1. The third kappa shape index (κ3) is 4.67. The van der Waals surface area contributed by atoms with Crippen LogP contribution in [0.5, 0.6) is 5.75 Å². The topological polar surface area (TPSA) is 79.8 Å². The first-order valence-corrected chi connectivity index (χ1v) is 7.78. The van der Waals surface area contributed by atoms with Crippen LogP contribution in [0.1, 0.15) is 23.6 Å². The van der Waals surface area contributed by atoms with Crippen LogP contribution in [0.2, 0.25) is 0 Å². The molecule has 130 valence electrons. The highest BCUT2D eigenvalue weighted by Gasteiger charge is 2.15. The fourth-order valence-corrected chi connectivity index (χ4v) is 2.26. The third-order valence-corrected chi connectivity index (χ3v) is 3.76. The highest BCUT2D eigenvalue weighted by molar-refractivity contribution is 6.39. The monoisotopic (exact) mass is 339 g/mol. The Labute approximate surface area is 146 Å². The number of nitrogens with zero attached hydrogens (tertiary/aromatic N) is 1. The number of amides is 2. The Hall–Kier alpha value is -3.15. The molecule has 0 atom stereocenters. The van der Waals surface area contributed by atoms with Gasteiger partial charge in [-0.1, -0.05) is 18.2 Å². The number of methoxy groups -OCH3 is 1. The van der Waals surface area contributed by atoms with Crippen molar-refractivity contribution in [3.63, 3.8) is 0 Å². The molecule has 0 aromatic heterocycles. The van der Waals surface area contributed by atoms with Crippen LogP contribution in [0.3, 0.4) is 0 Å². The molecule has 2 amide bonds. The molecule has 2 aromatic carbocycles. The predicted octanol–water partition coefficient (Wildman–Crippen LogP) is 2.79. The van der Waals surface area contributed by atoms with Gasteiger partial charge in [-0.15, -0.1) is 0 Å². The molecular weight excluding hydrogens is 318 g/mol. The summed E-state index contributed by atoms with van der Waals surface area (Å²) in [5, 5.41) is 6.59. The number of aryl methyl sites for hydroxylation is 2. The molecule has 0 bridgehead atoms. The van der Waals surface area contributed by atoms with E-state index in [1.807, 2.05) is 44.2 Å². The molecule has 0 aliphatic carbocycles. The van der Waals surface area contributed by atoms with E-state index in [0.717, 1.165) is 22.4 Å². The molecule has 6 heteroatoms. The van der Waals surface area contributed by atoms with Crippen LogP contribution >= 0.6 is 0 Å². The van der Waals surface area contributed by atoms with Crippen LogP contribution in [-0.4, -0.2) is 24.6 Å². The van der Waals surface area contributed by atoms with E-state index in [1.165, 1.54) is 0 Å². The molecule has 0 unspecified atom stereocenters. The Morgan fingerprint density at radius 3 is 2.12 bits per heavy atom. The lowest BCUT2D eigenvalue weighted by atomic mass is 10.1. The first kappa shape index (κ1) is 18.2. The number of anilines is 1. The van der Waals surface area contributed by atoms with Crippen molar-refractivity contribution in [2.75, 3.05) is 12.4 Å². The van der Waals surface area contributed by atoms with E-state index in [2.05, 4.69) is 15.8 Å². The number of benzene rings is 2. The molecule has 6 nitrogen and oxygen atoms in total. The van der Waals surface area contributed by atoms with Gasteiger partial charge in [-0.2, -0.15) is 5.10 Å². The summed E-state index contributed by atoms with van der Waals surface area (Å²) in [5.74, 6) is -0.854. The molecule has 0 heterocycles. The van der Waals surface area contributed by atoms with E-state index in [9.17, 15) is 9.59 Å². The fourth-order valence-electron chi connectivity index (χ4n) is 2.26. The molecule has 0 fully saturated rings. The van der Waals surface area contributed by atoms with E-state index in [0.29, 0.717) is 11.4 Å². The second-order valence-corrected chi connectivity index (χ2v) is 5.59. The number of rotatable bonds is 4. The molecule has 0 saturated carbocycles. The molecule has 25 heavy (non-hydrogen) atoms. The van der Waals surface area contributed by atoms with Crippen molar-refractivity contribution >= 4 is 23.2 Å². The van der Waals surface area contributed by atoms with Crippen LogP contribution in [-0.2, 0) is 9.59 Å². The van der Waals surface area contributed by atoms with Crippen molar-refractivity contribution in [2.24, 2.45) is 5.10 Å². The van der Waals surface area contributed by atoms with Gasteiger partial charge in [0.2, 0.25) is 0 Å². The minimum atomic E-state index is -0.824. The second kappa shape index (κ2) is 8.10. The van der Waals surface area contributed by atoms with Gasteiger partial charge in [0.15, 0.2) is 0 Å². The van der Waals surface area contributed by atoms with Crippen molar-refractivity contribution in [1.82, 2.24) is 5.43 Å². The predicted molar refractivity (Wildman–Crippen MR) is 97.9 cm³/mol. The van der Waals surface area contributed by atoms with E-state index >= 15 is 0 Å². The zero-order valence-electron chi connectivity index (χ0n) is 14.7. The summed E-state index contributed by atoms with van der Waals surface area (Å²) in [5.41, 5.74) is 6.08. The van der Waals surface area contributed by atoms with Gasteiger partial charge < -0.3 is 10.1 Å². The molecule has 2 aromatic rings. The summed E-state index contributed by atoms with van der Waals surface area (Å²) in [6, 6.07) is 12.9. The fraction of sp³-hybridized carbons (Fsp3) is 0.211. The van der Waals surface area contributed by atoms with Gasteiger partial charge in [0, 0.05) is 5.69 Å². The Balaban J connectivity index is 2.01. The quantitative estimate of drug-likeness (QED) is 0.511. The van der Waals surface area contributed by atoms with Crippen LogP contribution in [0.15, 0.2) is 47.6 Å². The summed E-state index contributed by atoms with van der Waals surface area (Å²) in [6.07, 6.45) is 0. The van der Waals surface area contributed by atoms with Crippen molar-refractivity contribution in [3.8, 4) is 5.75 Å². The van der Waals surface area contributed by atoms with Crippen molar-refractivity contribution < 1.29 is 14.3 Å². The van der Waals surface area contributed by atoms with Crippen LogP contribution in [0.4, 0.5) is 5.69 Å². The lowest BCUT2D eigenvalue weighted by Crippen LogP contribution is -2.33. The maximum atomic E-state index is 12.0. The highest BCUT2D eigenvalue weighted by atomic mass is 16.5. The van der Waals surface area contributed by atoms with E-state index in [4.69, 9.17) is 4.74 Å². The molecule has 0 spiro atoms. The number of carbonyl (C=O) groups is 2. The summed E-state index contributed by atoms with van der Waals surface area (Å²) in [4.78, 5) is 24.0. The molecule has 0 aliphatic rings. The number of ether oxygens (including phenoxy) is 1. The number of hydrogen-bond acceptors (Lipinski definition) is 4. The summed E-state index contributed by atoms with van der Waals surface area (Å²) >= 11 is 0. The van der Waals surface area contributed by atoms with Gasteiger partial charge in [-0.3, -0.25) is 9.59 Å². The number of hydrogen-bond donors (Lipinski definition) is 2. The SMILES string of the molecule is COc1ccc(C(C)=NNC(=O)C(=O)Nc2c(C)cccc2C)cc1. The van der Waals surface area contributed by atoms with Crippen LogP contribution < -0.4 is 15.5 Å². The van der Waals surface area contributed by atoms with Gasteiger partial charge in [-0.25, -0.2) is 5.43 Å². The van der Waals surface area contributed by atoms with Crippen LogP contribution in [0.25, 0.3) is 0 Å². The minimum absolute atomic E-state index is 0.580. The van der Waals surface area contributed by atoms with E-state index in [1.54, 1.807) is 26.2 Å². The molecule has 0 aliphatic heterocycles. The first-order valence-electron chi connectivity index (χ1n) is 7.78. The largest absolute Gasteiger partial charge is 0.497 e.